The number of hydrogen-bond acceptors (Lipinski definition) is 4. The van der Waals surface area contributed by atoms with Crippen molar-refractivity contribution in [3.63, 3.8) is 0 Å². The van der Waals surface area contributed by atoms with Crippen LogP contribution in [0.3, 0.4) is 0 Å². The van der Waals surface area contributed by atoms with E-state index in [2.05, 4.69) is 17.6 Å². The molecule has 0 aliphatic carbocycles. The summed E-state index contributed by atoms with van der Waals surface area (Å²) in [6.45, 7) is 6.91. The highest BCUT2D eigenvalue weighted by molar-refractivity contribution is 7.80. The van der Waals surface area contributed by atoms with Gasteiger partial charge in [0.15, 0.2) is 5.11 Å². The van der Waals surface area contributed by atoms with Crippen LogP contribution in [-0.4, -0.2) is 24.3 Å². The Kier molecular flexibility index (Phi) is 7.91. The first kappa shape index (κ1) is 20.2. The number of thiocarbonyl (C=S) groups is 1. The van der Waals surface area contributed by atoms with E-state index in [0.29, 0.717) is 29.6 Å². The number of benzene rings is 1. The molecule has 1 aromatic carbocycles. The number of nitrogens with one attached hydrogen (secondary N) is 2. The predicted octanol–water partition coefficient (Wildman–Crippen LogP) is 4.00. The van der Waals surface area contributed by atoms with Crippen molar-refractivity contribution in [2.24, 2.45) is 0 Å². The number of carbonyl (C=O) groups excluding carboxylic acids is 1. The number of para-hydroxylation sites is 1. The molecule has 1 aliphatic heterocycles. The highest BCUT2D eigenvalue weighted by Crippen LogP contribution is 2.33. The summed E-state index contributed by atoms with van der Waals surface area (Å²) < 4.78 is 11.3. The van der Waals surface area contributed by atoms with Gasteiger partial charge in [0, 0.05) is 11.3 Å². The maximum atomic E-state index is 12.8. The number of esters is 1. The summed E-state index contributed by atoms with van der Waals surface area (Å²) in [5.41, 5.74) is 2.13. The van der Waals surface area contributed by atoms with Crippen molar-refractivity contribution in [3.05, 3.63) is 41.1 Å². The third-order valence-electron chi connectivity index (χ3n) is 4.25. The van der Waals surface area contributed by atoms with Crippen molar-refractivity contribution in [1.29, 1.82) is 0 Å². The Bertz CT molecular complexity index is 673. The van der Waals surface area contributed by atoms with Crippen LogP contribution in [0.2, 0.25) is 0 Å². The van der Waals surface area contributed by atoms with Gasteiger partial charge >= 0.3 is 5.97 Å². The van der Waals surface area contributed by atoms with Crippen LogP contribution in [0.5, 0.6) is 5.75 Å². The molecule has 0 saturated carbocycles. The second kappa shape index (κ2) is 10.2. The largest absolute Gasteiger partial charge is 0.494 e. The summed E-state index contributed by atoms with van der Waals surface area (Å²) in [5.74, 6) is 0.413. The lowest BCUT2D eigenvalue weighted by Gasteiger charge is -2.30. The van der Waals surface area contributed by atoms with Crippen LogP contribution >= 0.6 is 12.2 Å². The fourth-order valence-corrected chi connectivity index (χ4v) is 3.25. The van der Waals surface area contributed by atoms with E-state index in [0.717, 1.165) is 37.0 Å². The van der Waals surface area contributed by atoms with Gasteiger partial charge in [-0.1, -0.05) is 44.4 Å². The summed E-state index contributed by atoms with van der Waals surface area (Å²) in [6.07, 6.45) is 4.26. The van der Waals surface area contributed by atoms with Crippen LogP contribution in [-0.2, 0) is 9.53 Å². The van der Waals surface area contributed by atoms with E-state index < -0.39 is 6.04 Å². The van der Waals surface area contributed by atoms with Gasteiger partial charge in [-0.05, 0) is 38.6 Å². The minimum absolute atomic E-state index is 0.321. The maximum absolute atomic E-state index is 12.8. The monoisotopic (exact) mass is 376 g/mol. The Balaban J connectivity index is 2.22. The SMILES string of the molecule is CCCCCCOC(=O)C1=C(C)NC(=S)NC1c1ccccc1OCC. The molecule has 5 nitrogen and oxygen atoms in total. The normalized spacial score (nSPS) is 16.7. The van der Waals surface area contributed by atoms with Crippen molar-refractivity contribution in [2.45, 2.75) is 52.5 Å². The number of hydrogen-bond donors (Lipinski definition) is 2. The molecule has 142 valence electrons. The summed E-state index contributed by atoms with van der Waals surface area (Å²) in [6, 6.07) is 7.28. The molecule has 2 N–H and O–H groups in total. The second-order valence-corrected chi connectivity index (χ2v) is 6.65. The molecule has 0 amide bonds. The zero-order valence-electron chi connectivity index (χ0n) is 15.8. The fraction of sp³-hybridized carbons (Fsp3) is 0.500. The summed E-state index contributed by atoms with van der Waals surface area (Å²) >= 11 is 5.29. The highest BCUT2D eigenvalue weighted by Gasteiger charge is 2.32. The first-order valence-corrected chi connectivity index (χ1v) is 9.66. The second-order valence-electron chi connectivity index (χ2n) is 6.24. The minimum Gasteiger partial charge on any atom is -0.494 e. The van der Waals surface area contributed by atoms with Gasteiger partial charge in [0.2, 0.25) is 0 Å². The van der Waals surface area contributed by atoms with Crippen molar-refractivity contribution in [3.8, 4) is 5.75 Å². The summed E-state index contributed by atoms with van der Waals surface area (Å²) in [4.78, 5) is 12.8. The summed E-state index contributed by atoms with van der Waals surface area (Å²) in [5, 5.41) is 6.70. The number of rotatable bonds is 9. The zero-order chi connectivity index (χ0) is 18.9. The van der Waals surface area contributed by atoms with Crippen LogP contribution in [0.15, 0.2) is 35.5 Å². The van der Waals surface area contributed by atoms with Crippen molar-refractivity contribution in [2.75, 3.05) is 13.2 Å². The Morgan fingerprint density at radius 1 is 1.19 bits per heavy atom. The third-order valence-corrected chi connectivity index (χ3v) is 4.47. The van der Waals surface area contributed by atoms with Gasteiger partial charge in [-0.3, -0.25) is 0 Å². The lowest BCUT2D eigenvalue weighted by molar-refractivity contribution is -0.139. The molecule has 0 radical (unpaired) electrons. The van der Waals surface area contributed by atoms with Crippen LogP contribution in [0.25, 0.3) is 0 Å². The Hall–Kier alpha value is -2.08. The average molecular weight is 377 g/mol. The highest BCUT2D eigenvalue weighted by atomic mass is 32.1. The average Bonchev–Trinajstić information content (AvgIpc) is 2.61. The van der Waals surface area contributed by atoms with E-state index >= 15 is 0 Å². The molecule has 1 aromatic rings. The van der Waals surface area contributed by atoms with Gasteiger partial charge in [-0.2, -0.15) is 0 Å². The molecule has 1 heterocycles. The van der Waals surface area contributed by atoms with Gasteiger partial charge in [0.25, 0.3) is 0 Å². The lowest BCUT2D eigenvalue weighted by atomic mass is 9.95. The summed E-state index contributed by atoms with van der Waals surface area (Å²) in [7, 11) is 0. The molecule has 0 aromatic heterocycles. The van der Waals surface area contributed by atoms with Crippen LogP contribution in [0.1, 0.15) is 58.1 Å². The molecular weight excluding hydrogens is 348 g/mol. The van der Waals surface area contributed by atoms with E-state index in [9.17, 15) is 4.79 Å². The molecule has 0 saturated heterocycles. The first-order chi connectivity index (χ1) is 12.6. The molecular formula is C20H28N2O3S. The van der Waals surface area contributed by atoms with Crippen molar-refractivity contribution < 1.29 is 14.3 Å². The smallest absolute Gasteiger partial charge is 0.338 e. The quantitative estimate of drug-likeness (QED) is 0.386. The van der Waals surface area contributed by atoms with Crippen LogP contribution in [0, 0.1) is 0 Å². The maximum Gasteiger partial charge on any atom is 0.338 e. The van der Waals surface area contributed by atoms with Crippen molar-refractivity contribution in [1.82, 2.24) is 10.6 Å². The van der Waals surface area contributed by atoms with E-state index in [1.54, 1.807) is 0 Å². The number of carbonyl (C=O) groups is 1. The molecule has 1 unspecified atom stereocenters. The molecule has 1 atom stereocenters. The standard InChI is InChI=1S/C20H28N2O3S/c1-4-6-7-10-13-25-19(23)17-14(3)21-20(26)22-18(17)15-11-8-9-12-16(15)24-5-2/h8-9,11-12,18H,4-7,10,13H2,1-3H3,(H2,21,22,26). The fourth-order valence-electron chi connectivity index (χ4n) is 2.98. The third kappa shape index (κ3) is 5.21. The molecule has 2 rings (SSSR count). The molecule has 1 aliphatic rings. The van der Waals surface area contributed by atoms with Crippen LogP contribution in [0.4, 0.5) is 0 Å². The number of unbranched alkanes of at least 4 members (excludes halogenated alkanes) is 3. The van der Waals surface area contributed by atoms with E-state index in [1.807, 2.05) is 38.1 Å². The number of ether oxygens (including phenoxy) is 2. The van der Waals surface area contributed by atoms with Gasteiger partial charge in [0.1, 0.15) is 5.75 Å². The zero-order valence-corrected chi connectivity index (χ0v) is 16.6. The molecule has 0 spiro atoms. The Morgan fingerprint density at radius 2 is 1.96 bits per heavy atom. The Morgan fingerprint density at radius 3 is 2.69 bits per heavy atom. The molecule has 26 heavy (non-hydrogen) atoms. The molecule has 0 fully saturated rings. The van der Waals surface area contributed by atoms with Gasteiger partial charge < -0.3 is 20.1 Å². The lowest BCUT2D eigenvalue weighted by Crippen LogP contribution is -2.45. The van der Waals surface area contributed by atoms with E-state index in [-0.39, 0.29) is 5.97 Å². The number of allylic oxidation sites excluding steroid dienone is 1. The van der Waals surface area contributed by atoms with Crippen LogP contribution < -0.4 is 15.4 Å². The van der Waals surface area contributed by atoms with Gasteiger partial charge in [-0.25, -0.2) is 4.79 Å². The van der Waals surface area contributed by atoms with E-state index in [4.69, 9.17) is 21.7 Å². The van der Waals surface area contributed by atoms with Crippen molar-refractivity contribution >= 4 is 23.3 Å². The van der Waals surface area contributed by atoms with Gasteiger partial charge in [-0.15, -0.1) is 0 Å². The Labute approximate surface area is 161 Å². The van der Waals surface area contributed by atoms with Gasteiger partial charge in [0.05, 0.1) is 24.8 Å². The first-order valence-electron chi connectivity index (χ1n) is 9.25. The minimum atomic E-state index is -0.394. The molecule has 6 heteroatoms. The topological polar surface area (TPSA) is 59.6 Å². The predicted molar refractivity (Wildman–Crippen MR) is 107 cm³/mol. The van der Waals surface area contributed by atoms with E-state index in [1.165, 1.54) is 0 Å². The molecule has 0 bridgehead atoms.